The molecular formula is C27H34N6O3. The summed E-state index contributed by atoms with van der Waals surface area (Å²) in [5.74, 6) is 0.848. The van der Waals surface area contributed by atoms with Crippen LogP contribution in [0.15, 0.2) is 47.5 Å². The predicted octanol–water partition coefficient (Wildman–Crippen LogP) is 3.05. The van der Waals surface area contributed by atoms with Crippen molar-refractivity contribution in [3.8, 4) is 0 Å². The van der Waals surface area contributed by atoms with E-state index < -0.39 is 10.7 Å². The van der Waals surface area contributed by atoms with Crippen LogP contribution < -0.4 is 5.56 Å². The highest BCUT2D eigenvalue weighted by Gasteiger charge is 2.32. The minimum Gasteiger partial charge on any atom is -0.633 e. The van der Waals surface area contributed by atoms with E-state index in [1.807, 2.05) is 37.3 Å². The molecule has 4 rings (SSSR count). The van der Waals surface area contributed by atoms with Gasteiger partial charge in [-0.15, -0.1) is 0 Å². The van der Waals surface area contributed by atoms with Crippen molar-refractivity contribution in [1.82, 2.24) is 24.4 Å². The van der Waals surface area contributed by atoms with Crippen LogP contribution in [0.1, 0.15) is 64.6 Å². The van der Waals surface area contributed by atoms with Crippen molar-refractivity contribution in [3.05, 3.63) is 92.3 Å². The zero-order chi connectivity index (χ0) is 25.9. The molecule has 0 fully saturated rings. The van der Waals surface area contributed by atoms with Crippen molar-refractivity contribution in [2.75, 3.05) is 27.2 Å². The SMILES string of the molecule is CCC(c1nc2c(c(=O)n1Cc1ccccc1)CCC2)N(CC[N+](C)(C)[O-])C(=O)c1cnc(C)nc1. The van der Waals surface area contributed by atoms with Gasteiger partial charge < -0.3 is 14.8 Å². The van der Waals surface area contributed by atoms with E-state index in [2.05, 4.69) is 9.97 Å². The molecule has 0 spiro atoms. The van der Waals surface area contributed by atoms with Crippen molar-refractivity contribution in [2.24, 2.45) is 0 Å². The highest BCUT2D eigenvalue weighted by molar-refractivity contribution is 5.93. The molecule has 2 aromatic heterocycles. The minimum atomic E-state index is -0.543. The standard InChI is InChI=1S/C27H34N6O3/c1-5-24(31(14-15-33(3,4)36)26(34)21-16-28-19(2)29-17-21)25-30-23-13-9-12-22(23)27(35)32(25)18-20-10-7-6-8-11-20/h6-8,10-11,16-17,24H,5,9,12-15,18H2,1-4H3. The van der Waals surface area contributed by atoms with E-state index in [0.717, 1.165) is 36.1 Å². The lowest BCUT2D eigenvalue weighted by molar-refractivity contribution is -0.839. The van der Waals surface area contributed by atoms with Crippen molar-refractivity contribution in [3.63, 3.8) is 0 Å². The number of likely N-dealkylation sites (N-methyl/N-ethyl adjacent to an activating group) is 1. The number of hydroxylamine groups is 3. The average Bonchev–Trinajstić information content (AvgIpc) is 3.33. The van der Waals surface area contributed by atoms with Crippen molar-refractivity contribution < 1.29 is 9.44 Å². The molecular weight excluding hydrogens is 456 g/mol. The third-order valence-corrected chi connectivity index (χ3v) is 6.63. The third-order valence-electron chi connectivity index (χ3n) is 6.63. The fraction of sp³-hybridized carbons (Fsp3) is 0.444. The van der Waals surface area contributed by atoms with Gasteiger partial charge in [0.15, 0.2) is 0 Å². The predicted molar refractivity (Wildman–Crippen MR) is 137 cm³/mol. The summed E-state index contributed by atoms with van der Waals surface area (Å²) in [4.78, 5) is 42.5. The zero-order valence-electron chi connectivity index (χ0n) is 21.5. The molecule has 0 saturated heterocycles. The fourth-order valence-electron chi connectivity index (χ4n) is 4.68. The Kier molecular flexibility index (Phi) is 7.61. The summed E-state index contributed by atoms with van der Waals surface area (Å²) in [6, 6.07) is 9.30. The number of aryl methyl sites for hydroxylation is 2. The zero-order valence-corrected chi connectivity index (χ0v) is 21.5. The van der Waals surface area contributed by atoms with Gasteiger partial charge in [-0.2, -0.15) is 0 Å². The van der Waals surface area contributed by atoms with Gasteiger partial charge in [0.2, 0.25) is 0 Å². The lowest BCUT2D eigenvalue weighted by atomic mass is 10.1. The molecule has 1 aliphatic rings. The Balaban J connectivity index is 1.82. The Bertz CT molecular complexity index is 1270. The number of fused-ring (bicyclic) bond motifs is 1. The first kappa shape index (κ1) is 25.7. The molecule has 2 heterocycles. The highest BCUT2D eigenvalue weighted by Crippen LogP contribution is 2.27. The minimum absolute atomic E-state index is 0.0409. The van der Waals surface area contributed by atoms with E-state index in [1.54, 1.807) is 30.5 Å². The summed E-state index contributed by atoms with van der Waals surface area (Å²) in [6.45, 7) is 4.50. The molecule has 36 heavy (non-hydrogen) atoms. The molecule has 1 atom stereocenters. The number of nitrogens with zero attached hydrogens (tertiary/aromatic N) is 6. The molecule has 1 amide bonds. The van der Waals surface area contributed by atoms with Gasteiger partial charge in [-0.25, -0.2) is 15.0 Å². The number of aromatic nitrogens is 4. The second kappa shape index (κ2) is 10.7. The van der Waals surface area contributed by atoms with Crippen LogP contribution in [-0.2, 0) is 19.4 Å². The average molecular weight is 491 g/mol. The summed E-state index contributed by atoms with van der Waals surface area (Å²) in [6.07, 6.45) is 5.92. The molecule has 9 nitrogen and oxygen atoms in total. The third kappa shape index (κ3) is 5.68. The highest BCUT2D eigenvalue weighted by atomic mass is 16.5. The number of carbonyl (C=O) groups is 1. The van der Waals surface area contributed by atoms with Gasteiger partial charge in [0.05, 0.1) is 51.0 Å². The summed E-state index contributed by atoms with van der Waals surface area (Å²) in [5, 5.41) is 12.5. The fourth-order valence-corrected chi connectivity index (χ4v) is 4.68. The maximum atomic E-state index is 13.8. The summed E-state index contributed by atoms with van der Waals surface area (Å²) in [5.41, 5.74) is 2.88. The van der Waals surface area contributed by atoms with Crippen molar-refractivity contribution >= 4 is 5.91 Å². The van der Waals surface area contributed by atoms with E-state index in [0.29, 0.717) is 30.2 Å². The van der Waals surface area contributed by atoms with Crippen LogP contribution >= 0.6 is 0 Å². The summed E-state index contributed by atoms with van der Waals surface area (Å²) < 4.78 is 1.18. The Morgan fingerprint density at radius 2 is 1.86 bits per heavy atom. The van der Waals surface area contributed by atoms with Gasteiger partial charge in [-0.1, -0.05) is 37.3 Å². The summed E-state index contributed by atoms with van der Waals surface area (Å²) in [7, 11) is 3.11. The van der Waals surface area contributed by atoms with Crippen LogP contribution in [0, 0.1) is 12.1 Å². The second-order valence-electron chi connectivity index (χ2n) is 9.86. The van der Waals surface area contributed by atoms with E-state index >= 15 is 0 Å². The largest absolute Gasteiger partial charge is 0.633 e. The number of quaternary nitrogens is 1. The van der Waals surface area contributed by atoms with E-state index in [1.165, 1.54) is 12.4 Å². The van der Waals surface area contributed by atoms with E-state index in [4.69, 9.17) is 4.98 Å². The quantitative estimate of drug-likeness (QED) is 0.337. The van der Waals surface area contributed by atoms with Crippen LogP contribution in [0.25, 0.3) is 0 Å². The molecule has 0 saturated carbocycles. The van der Waals surface area contributed by atoms with Crippen LogP contribution in [0.4, 0.5) is 0 Å². The normalized spacial score (nSPS) is 13.9. The lowest BCUT2D eigenvalue weighted by Gasteiger charge is -2.38. The van der Waals surface area contributed by atoms with Gasteiger partial charge in [-0.3, -0.25) is 14.2 Å². The van der Waals surface area contributed by atoms with Gasteiger partial charge in [0.25, 0.3) is 11.5 Å². The van der Waals surface area contributed by atoms with Gasteiger partial charge in [0.1, 0.15) is 11.6 Å². The first-order chi connectivity index (χ1) is 17.2. The van der Waals surface area contributed by atoms with Crippen molar-refractivity contribution in [1.29, 1.82) is 0 Å². The molecule has 1 aliphatic carbocycles. The Morgan fingerprint density at radius 3 is 2.50 bits per heavy atom. The number of amides is 1. The molecule has 0 bridgehead atoms. The smallest absolute Gasteiger partial charge is 0.257 e. The molecule has 0 N–H and O–H groups in total. The topological polar surface area (TPSA) is 104 Å². The van der Waals surface area contributed by atoms with Crippen LogP contribution in [0.2, 0.25) is 0 Å². The number of rotatable bonds is 9. The molecule has 190 valence electrons. The number of carbonyl (C=O) groups excluding carboxylic acids is 1. The van der Waals surface area contributed by atoms with Gasteiger partial charge in [0, 0.05) is 18.0 Å². The number of hydrogen-bond donors (Lipinski definition) is 0. The molecule has 0 radical (unpaired) electrons. The molecule has 1 unspecified atom stereocenters. The molecule has 3 aromatic rings. The van der Waals surface area contributed by atoms with E-state index in [-0.39, 0.29) is 24.6 Å². The lowest BCUT2D eigenvalue weighted by Crippen LogP contribution is -2.46. The number of hydrogen-bond acceptors (Lipinski definition) is 6. The second-order valence-corrected chi connectivity index (χ2v) is 9.86. The molecule has 0 aliphatic heterocycles. The van der Waals surface area contributed by atoms with Crippen LogP contribution in [0.5, 0.6) is 0 Å². The Labute approximate surface area is 211 Å². The van der Waals surface area contributed by atoms with E-state index in [9.17, 15) is 14.8 Å². The first-order valence-electron chi connectivity index (χ1n) is 12.5. The molecule has 1 aromatic carbocycles. The van der Waals surface area contributed by atoms with Gasteiger partial charge in [-0.05, 0) is 38.2 Å². The monoisotopic (exact) mass is 490 g/mol. The van der Waals surface area contributed by atoms with Crippen LogP contribution in [-0.4, -0.2) is 62.2 Å². The summed E-state index contributed by atoms with van der Waals surface area (Å²) >= 11 is 0. The first-order valence-corrected chi connectivity index (χ1v) is 12.5. The Hall–Kier alpha value is -3.43. The number of benzene rings is 1. The maximum Gasteiger partial charge on any atom is 0.257 e. The Morgan fingerprint density at radius 1 is 1.17 bits per heavy atom. The maximum absolute atomic E-state index is 13.8. The molecule has 9 heteroatoms. The van der Waals surface area contributed by atoms with Gasteiger partial charge >= 0.3 is 0 Å². The van der Waals surface area contributed by atoms with Crippen molar-refractivity contribution in [2.45, 2.75) is 52.1 Å². The van der Waals surface area contributed by atoms with Crippen LogP contribution in [0.3, 0.4) is 0 Å².